The Morgan fingerprint density at radius 2 is 2.00 bits per heavy atom. The third-order valence-electron chi connectivity index (χ3n) is 0.197. The fourth-order valence-electron chi connectivity index (χ4n) is 0.0497. The molecule has 0 rings (SSSR count). The second-order valence-corrected chi connectivity index (χ2v) is 0.534. The van der Waals surface area contributed by atoms with Crippen molar-refractivity contribution in [3.63, 3.8) is 0 Å². The van der Waals surface area contributed by atoms with E-state index in [4.69, 9.17) is 11.7 Å². The van der Waals surface area contributed by atoms with Gasteiger partial charge in [-0.1, -0.05) is 0 Å². The van der Waals surface area contributed by atoms with Gasteiger partial charge in [0.05, 0.1) is 0 Å². The van der Waals surface area contributed by atoms with Crippen molar-refractivity contribution in [3.8, 4) is 0 Å². The summed E-state index contributed by atoms with van der Waals surface area (Å²) in [6, 6.07) is 0. The molecule has 0 bridgehead atoms. The minimum Gasteiger partial charge on any atom is -0.534 e. The summed E-state index contributed by atoms with van der Waals surface area (Å²) in [5.41, 5.74) is 0. The van der Waals surface area contributed by atoms with Gasteiger partial charge in [-0.2, -0.15) is 6.08 Å². The third-order valence-corrected chi connectivity index (χ3v) is 0.197. The Balaban J connectivity index is 0. The summed E-state index contributed by atoms with van der Waals surface area (Å²) in [6.07, 6.45) is 3.46. The molecular formula is C4H5FeO-. The Labute approximate surface area is 47.8 Å². The van der Waals surface area contributed by atoms with Crippen LogP contribution in [0.25, 0.3) is 0 Å². The van der Waals surface area contributed by atoms with Crippen molar-refractivity contribution in [2.24, 2.45) is 0 Å². The summed E-state index contributed by atoms with van der Waals surface area (Å²) >= 11 is 0. The van der Waals surface area contributed by atoms with E-state index in [-0.39, 0.29) is 17.1 Å². The maximum atomic E-state index is 7.77. The van der Waals surface area contributed by atoms with E-state index < -0.39 is 0 Å². The van der Waals surface area contributed by atoms with Gasteiger partial charge in [0.1, 0.15) is 0 Å². The van der Waals surface area contributed by atoms with Crippen molar-refractivity contribution in [2.45, 2.75) is 0 Å². The second-order valence-electron chi connectivity index (χ2n) is 0.534. The van der Waals surface area contributed by atoms with Crippen molar-refractivity contribution in [3.05, 3.63) is 25.0 Å². The van der Waals surface area contributed by atoms with E-state index in [1.807, 2.05) is 0 Å². The van der Waals surface area contributed by atoms with Gasteiger partial charge >= 0.3 is 0 Å². The maximum absolute atomic E-state index is 7.77. The Hall–Kier alpha value is -0.201. The van der Waals surface area contributed by atoms with E-state index in [0.29, 0.717) is 0 Å². The third kappa shape index (κ3) is 9.20. The quantitative estimate of drug-likeness (QED) is 0.240. The number of rotatable bonds is 1. The number of aliphatic hydroxyl groups excluding tert-OH is 1. The fourth-order valence-corrected chi connectivity index (χ4v) is 0.0497. The van der Waals surface area contributed by atoms with Gasteiger partial charge in [-0.15, -0.1) is 0 Å². The molecule has 0 aliphatic rings. The van der Waals surface area contributed by atoms with Gasteiger partial charge in [0, 0.05) is 17.1 Å². The Morgan fingerprint density at radius 3 is 2.00 bits per heavy atom. The summed E-state index contributed by atoms with van der Waals surface area (Å²) in [7, 11) is 0. The van der Waals surface area contributed by atoms with Crippen LogP contribution in [0.5, 0.6) is 0 Å². The average molecular weight is 125 g/mol. The molecule has 1 nitrogen and oxygen atoms in total. The van der Waals surface area contributed by atoms with Gasteiger partial charge in [-0.3, -0.25) is 6.58 Å². The molecule has 0 aliphatic heterocycles. The van der Waals surface area contributed by atoms with Crippen molar-refractivity contribution in [1.82, 2.24) is 0 Å². The number of hydrogen-bond acceptors (Lipinski definition) is 1. The molecule has 0 unspecified atom stereocenters. The Morgan fingerprint density at radius 1 is 1.50 bits per heavy atom. The summed E-state index contributed by atoms with van der Waals surface area (Å²) in [5.74, 6) is 0. The van der Waals surface area contributed by atoms with Gasteiger partial charge in [0.15, 0.2) is 0 Å². The normalized spacial score (nSPS) is 7.33. The molecule has 0 aromatic carbocycles. The summed E-state index contributed by atoms with van der Waals surface area (Å²) in [4.78, 5) is 0. The summed E-state index contributed by atoms with van der Waals surface area (Å²) in [5, 5.41) is 7.77. The minimum atomic E-state index is 0. The van der Waals surface area contributed by atoms with E-state index in [9.17, 15) is 0 Å². The Bertz CT molecular complexity index is 49.5. The first-order valence-corrected chi connectivity index (χ1v) is 1.26. The van der Waals surface area contributed by atoms with Crippen molar-refractivity contribution >= 4 is 0 Å². The molecule has 0 spiro atoms. The zero-order valence-electron chi connectivity index (χ0n) is 3.11. The Kier molecular flexibility index (Phi) is 13.6. The van der Waals surface area contributed by atoms with Crippen LogP contribution in [0.1, 0.15) is 0 Å². The molecule has 0 saturated carbocycles. The molecule has 2 heteroatoms. The molecular weight excluding hydrogens is 120 g/mol. The molecule has 0 radical (unpaired) electrons. The first-order valence-electron chi connectivity index (χ1n) is 1.26. The van der Waals surface area contributed by atoms with Gasteiger partial charge in [0.25, 0.3) is 0 Å². The van der Waals surface area contributed by atoms with Crippen LogP contribution in [0.3, 0.4) is 0 Å². The molecule has 1 N–H and O–H groups in total. The largest absolute Gasteiger partial charge is 0.534 e. The predicted octanol–water partition coefficient (Wildman–Crippen LogP) is 1.04. The zero-order chi connectivity index (χ0) is 4.12. The number of hydrogen-bond donors (Lipinski definition) is 1. The molecule has 6 heavy (non-hydrogen) atoms. The standard InChI is InChI=1S/C4H5O.Fe/c1-2-3-4-5;/h1-5H;/q-1;/b4-3-;. The SMILES string of the molecule is [CH-]=C/C=C\O.[Fe]. The number of aliphatic hydroxyl groups is 1. The van der Waals surface area contributed by atoms with Crippen LogP contribution in [0.2, 0.25) is 0 Å². The molecule has 0 amide bonds. The topological polar surface area (TPSA) is 20.2 Å². The van der Waals surface area contributed by atoms with E-state index in [2.05, 4.69) is 0 Å². The van der Waals surface area contributed by atoms with Crippen LogP contribution < -0.4 is 0 Å². The van der Waals surface area contributed by atoms with Crippen LogP contribution in [-0.2, 0) is 17.1 Å². The van der Waals surface area contributed by atoms with Crippen molar-refractivity contribution < 1.29 is 22.2 Å². The van der Waals surface area contributed by atoms with Crippen LogP contribution in [0.15, 0.2) is 18.4 Å². The van der Waals surface area contributed by atoms with Crippen molar-refractivity contribution in [2.75, 3.05) is 0 Å². The van der Waals surface area contributed by atoms with Crippen LogP contribution in [-0.4, -0.2) is 5.11 Å². The molecule has 0 fully saturated rings. The minimum absolute atomic E-state index is 0. The average Bonchev–Trinajstić information content (AvgIpc) is 1.41. The maximum Gasteiger partial charge on any atom is 0 e. The molecule has 0 heterocycles. The second kappa shape index (κ2) is 8.84. The van der Waals surface area contributed by atoms with Crippen LogP contribution in [0.4, 0.5) is 0 Å². The van der Waals surface area contributed by atoms with Gasteiger partial charge < -0.3 is 5.11 Å². The molecule has 0 aromatic rings. The van der Waals surface area contributed by atoms with Gasteiger partial charge in [-0.05, 0) is 6.26 Å². The number of allylic oxidation sites excluding steroid dienone is 2. The van der Waals surface area contributed by atoms with E-state index in [1.165, 1.54) is 12.2 Å². The van der Waals surface area contributed by atoms with Crippen LogP contribution >= 0.6 is 0 Å². The summed E-state index contributed by atoms with van der Waals surface area (Å²) < 4.78 is 0. The van der Waals surface area contributed by atoms with Gasteiger partial charge in [0.2, 0.25) is 0 Å². The zero-order valence-corrected chi connectivity index (χ0v) is 4.21. The molecule has 0 atom stereocenters. The first-order chi connectivity index (χ1) is 2.41. The monoisotopic (exact) mass is 125 g/mol. The van der Waals surface area contributed by atoms with Gasteiger partial charge in [-0.25, -0.2) is 6.08 Å². The predicted molar refractivity (Wildman–Crippen MR) is 20.6 cm³/mol. The molecule has 36 valence electrons. The van der Waals surface area contributed by atoms with E-state index in [0.717, 1.165) is 6.26 Å². The first kappa shape index (κ1) is 9.25. The van der Waals surface area contributed by atoms with Crippen molar-refractivity contribution in [1.29, 1.82) is 0 Å². The van der Waals surface area contributed by atoms with E-state index >= 15 is 0 Å². The van der Waals surface area contributed by atoms with Crippen LogP contribution in [0, 0.1) is 6.58 Å². The smallest absolute Gasteiger partial charge is 0 e. The summed E-state index contributed by atoms with van der Waals surface area (Å²) in [6.45, 7) is 4.77. The van der Waals surface area contributed by atoms with E-state index in [1.54, 1.807) is 0 Å². The molecule has 0 aromatic heterocycles. The fraction of sp³-hybridized carbons (Fsp3) is 0. The molecule has 0 saturated heterocycles. The molecule has 0 aliphatic carbocycles.